The second-order valence-corrected chi connectivity index (χ2v) is 7.02. The zero-order valence-corrected chi connectivity index (χ0v) is 14.5. The van der Waals surface area contributed by atoms with E-state index in [1.54, 1.807) is 0 Å². The second kappa shape index (κ2) is 6.96. The Morgan fingerprint density at radius 2 is 1.81 bits per heavy atom. The number of pyridine rings is 1. The van der Waals surface area contributed by atoms with Crippen LogP contribution < -0.4 is 0 Å². The lowest BCUT2D eigenvalue weighted by Crippen LogP contribution is -2.48. The molecule has 4 rings (SSSR count). The van der Waals surface area contributed by atoms with Gasteiger partial charge in [0.1, 0.15) is 6.10 Å². The van der Waals surface area contributed by atoms with E-state index in [9.17, 15) is 18.0 Å². The van der Waals surface area contributed by atoms with Crippen LogP contribution in [0.3, 0.4) is 0 Å². The summed E-state index contributed by atoms with van der Waals surface area (Å²) in [4.78, 5) is 17.9. The van der Waals surface area contributed by atoms with Gasteiger partial charge in [0.2, 0.25) is 0 Å². The Morgan fingerprint density at radius 1 is 1.07 bits per heavy atom. The predicted octanol–water partition coefficient (Wildman–Crippen LogP) is 4.09. The summed E-state index contributed by atoms with van der Waals surface area (Å²) in [7, 11) is 0. The van der Waals surface area contributed by atoms with Crippen molar-refractivity contribution in [1.29, 1.82) is 0 Å². The lowest BCUT2D eigenvalue weighted by Gasteiger charge is -2.39. The van der Waals surface area contributed by atoms with Gasteiger partial charge in [0, 0.05) is 12.7 Å². The van der Waals surface area contributed by atoms with Crippen LogP contribution >= 0.6 is 0 Å². The number of amides is 1. The van der Waals surface area contributed by atoms with Crippen molar-refractivity contribution in [3.05, 3.63) is 65.5 Å². The highest BCUT2D eigenvalue weighted by Gasteiger charge is 2.42. The molecule has 0 spiro atoms. The van der Waals surface area contributed by atoms with Gasteiger partial charge in [-0.3, -0.25) is 9.78 Å². The van der Waals surface area contributed by atoms with E-state index in [0.29, 0.717) is 12.5 Å². The monoisotopic (exact) mass is 376 g/mol. The van der Waals surface area contributed by atoms with Gasteiger partial charge in [-0.05, 0) is 36.5 Å². The fourth-order valence-electron chi connectivity index (χ4n) is 3.51. The summed E-state index contributed by atoms with van der Waals surface area (Å²) in [5.41, 5.74) is -0.628. The lowest BCUT2D eigenvalue weighted by atomic mass is 10.0. The van der Waals surface area contributed by atoms with E-state index in [1.807, 2.05) is 30.3 Å². The van der Waals surface area contributed by atoms with Crippen molar-refractivity contribution >= 4 is 5.91 Å². The molecule has 1 aromatic heterocycles. The van der Waals surface area contributed by atoms with E-state index in [-0.39, 0.29) is 18.8 Å². The Bertz CT molecular complexity index is 821. The zero-order valence-electron chi connectivity index (χ0n) is 14.5. The number of hydrogen-bond acceptors (Lipinski definition) is 3. The number of nitrogens with zero attached hydrogens (tertiary/aromatic N) is 2. The minimum absolute atomic E-state index is 0.154. The fraction of sp³-hybridized carbons (Fsp3) is 0.400. The smallest absolute Gasteiger partial charge is 0.366 e. The van der Waals surface area contributed by atoms with E-state index >= 15 is 0 Å². The van der Waals surface area contributed by atoms with Crippen molar-refractivity contribution in [2.45, 2.75) is 31.2 Å². The molecule has 1 aromatic carbocycles. The lowest BCUT2D eigenvalue weighted by molar-refractivity contribution is -0.141. The van der Waals surface area contributed by atoms with Crippen molar-refractivity contribution in [2.75, 3.05) is 13.1 Å². The topological polar surface area (TPSA) is 42.4 Å². The van der Waals surface area contributed by atoms with E-state index in [2.05, 4.69) is 4.98 Å². The molecule has 0 unspecified atom stereocenters. The van der Waals surface area contributed by atoms with Crippen LogP contribution in [0.15, 0.2) is 48.7 Å². The van der Waals surface area contributed by atoms with Crippen LogP contribution in [0.4, 0.5) is 13.2 Å². The van der Waals surface area contributed by atoms with Crippen molar-refractivity contribution in [3.8, 4) is 0 Å². The van der Waals surface area contributed by atoms with Crippen LogP contribution in [0.5, 0.6) is 0 Å². The first-order valence-corrected chi connectivity index (χ1v) is 8.95. The summed E-state index contributed by atoms with van der Waals surface area (Å²) >= 11 is 0. The molecule has 142 valence electrons. The zero-order chi connectivity index (χ0) is 19.0. The van der Waals surface area contributed by atoms with Gasteiger partial charge < -0.3 is 9.64 Å². The number of alkyl halides is 3. The van der Waals surface area contributed by atoms with E-state index in [4.69, 9.17) is 4.74 Å². The average molecular weight is 376 g/mol. The van der Waals surface area contributed by atoms with Crippen LogP contribution in [0, 0.1) is 5.92 Å². The maximum absolute atomic E-state index is 13.3. The third-order valence-corrected chi connectivity index (χ3v) is 5.04. The molecule has 4 nitrogen and oxygen atoms in total. The predicted molar refractivity (Wildman–Crippen MR) is 91.9 cm³/mol. The average Bonchev–Trinajstić information content (AvgIpc) is 3.52. The standard InChI is InChI=1S/C20H19F3N2O2/c21-20(22,23)18-15(7-4-10-24-18)19(26)25-11-16(13-5-2-1-3-6-13)27-17(12-25)14-8-9-14/h1-7,10,14,16-17H,8-9,11-12H2/t16-,17+/m0/s1. The number of morpholine rings is 1. The first-order chi connectivity index (χ1) is 12.9. The normalized spacial score (nSPS) is 23.3. The first-order valence-electron chi connectivity index (χ1n) is 8.95. The quantitative estimate of drug-likeness (QED) is 0.810. The third kappa shape index (κ3) is 3.83. The van der Waals surface area contributed by atoms with Gasteiger partial charge in [0.15, 0.2) is 5.69 Å². The summed E-state index contributed by atoms with van der Waals surface area (Å²) in [5.74, 6) is -0.284. The van der Waals surface area contributed by atoms with Crippen LogP contribution in [-0.2, 0) is 10.9 Å². The van der Waals surface area contributed by atoms with Gasteiger partial charge in [0.25, 0.3) is 5.91 Å². The number of carbonyl (C=O) groups is 1. The van der Waals surface area contributed by atoms with E-state index < -0.39 is 23.3 Å². The maximum atomic E-state index is 13.3. The minimum atomic E-state index is -4.67. The van der Waals surface area contributed by atoms with Gasteiger partial charge in [-0.2, -0.15) is 13.2 Å². The van der Waals surface area contributed by atoms with Gasteiger partial charge in [-0.1, -0.05) is 30.3 Å². The Balaban J connectivity index is 1.63. The molecule has 1 aliphatic carbocycles. The fourth-order valence-corrected chi connectivity index (χ4v) is 3.51. The van der Waals surface area contributed by atoms with Gasteiger partial charge in [-0.15, -0.1) is 0 Å². The number of hydrogen-bond donors (Lipinski definition) is 0. The highest BCUT2D eigenvalue weighted by atomic mass is 19.4. The highest BCUT2D eigenvalue weighted by molar-refractivity contribution is 5.95. The summed E-state index contributed by atoms with van der Waals surface area (Å²) < 4.78 is 46.0. The molecular weight excluding hydrogens is 357 g/mol. The van der Waals surface area contributed by atoms with Gasteiger partial charge in [-0.25, -0.2) is 0 Å². The Kier molecular flexibility index (Phi) is 4.63. The van der Waals surface area contributed by atoms with Crippen LogP contribution in [-0.4, -0.2) is 35.0 Å². The Labute approximate surface area is 155 Å². The molecule has 0 radical (unpaired) electrons. The molecule has 1 saturated heterocycles. The van der Waals surface area contributed by atoms with E-state index in [1.165, 1.54) is 17.0 Å². The number of rotatable bonds is 3. The van der Waals surface area contributed by atoms with Crippen molar-refractivity contribution < 1.29 is 22.7 Å². The molecule has 1 amide bonds. The first kappa shape index (κ1) is 18.0. The molecule has 2 heterocycles. The molecule has 0 N–H and O–H groups in total. The number of carbonyl (C=O) groups excluding carboxylic acids is 1. The molecule has 7 heteroatoms. The molecule has 1 aliphatic heterocycles. The van der Waals surface area contributed by atoms with Crippen LogP contribution in [0.25, 0.3) is 0 Å². The third-order valence-electron chi connectivity index (χ3n) is 5.04. The molecular formula is C20H19F3N2O2. The molecule has 27 heavy (non-hydrogen) atoms. The van der Waals surface area contributed by atoms with E-state index in [0.717, 1.165) is 24.6 Å². The van der Waals surface area contributed by atoms with Crippen LogP contribution in [0.2, 0.25) is 0 Å². The molecule has 0 bridgehead atoms. The Hall–Kier alpha value is -2.41. The summed E-state index contributed by atoms with van der Waals surface area (Å²) in [6.45, 7) is 0.525. The number of ether oxygens (including phenoxy) is 1. The summed E-state index contributed by atoms with van der Waals surface area (Å²) in [6, 6.07) is 12.0. The molecule has 2 fully saturated rings. The largest absolute Gasteiger partial charge is 0.434 e. The van der Waals surface area contributed by atoms with Gasteiger partial charge in [0.05, 0.1) is 18.2 Å². The summed E-state index contributed by atoms with van der Waals surface area (Å²) in [5, 5.41) is 0. The molecule has 2 atom stereocenters. The minimum Gasteiger partial charge on any atom is -0.366 e. The number of aromatic nitrogens is 1. The van der Waals surface area contributed by atoms with Crippen molar-refractivity contribution in [3.63, 3.8) is 0 Å². The number of halogens is 3. The van der Waals surface area contributed by atoms with Crippen LogP contribution in [0.1, 0.15) is 40.6 Å². The maximum Gasteiger partial charge on any atom is 0.434 e. The SMILES string of the molecule is O=C(c1cccnc1C(F)(F)F)N1C[C@@H](c2ccccc2)O[C@@H](C2CC2)C1. The van der Waals surface area contributed by atoms with Gasteiger partial charge >= 0.3 is 6.18 Å². The molecule has 2 aromatic rings. The van der Waals surface area contributed by atoms with Crippen molar-refractivity contribution in [1.82, 2.24) is 9.88 Å². The molecule has 1 saturated carbocycles. The number of benzene rings is 1. The highest BCUT2D eigenvalue weighted by Crippen LogP contribution is 2.40. The van der Waals surface area contributed by atoms with Crippen molar-refractivity contribution in [2.24, 2.45) is 5.92 Å². The summed E-state index contributed by atoms with van der Waals surface area (Å²) in [6.07, 6.45) is -2.07. The molecule has 2 aliphatic rings. The second-order valence-electron chi connectivity index (χ2n) is 7.02. The Morgan fingerprint density at radius 3 is 2.48 bits per heavy atom.